The molecule has 0 fully saturated rings. The largest absolute Gasteiger partial charge is 0.472 e. The number of carbonyl (C=O) groups excluding carboxylic acids is 4. The van der Waals surface area contributed by atoms with Gasteiger partial charge in [-0.2, -0.15) is 0 Å². The van der Waals surface area contributed by atoms with Gasteiger partial charge in [0, 0.05) is 25.7 Å². The van der Waals surface area contributed by atoms with Crippen molar-refractivity contribution in [2.45, 2.75) is 453 Å². The lowest BCUT2D eigenvalue weighted by Crippen LogP contribution is -2.30. The number of aliphatic hydroxyl groups excluding tert-OH is 1. The van der Waals surface area contributed by atoms with Crippen LogP contribution in [-0.2, 0) is 65.4 Å². The molecule has 0 radical (unpaired) electrons. The molecule has 3 N–H and O–H groups in total. The molecule has 0 bridgehead atoms. The van der Waals surface area contributed by atoms with Gasteiger partial charge in [-0.25, -0.2) is 9.13 Å². The molecule has 0 aliphatic carbocycles. The summed E-state index contributed by atoms with van der Waals surface area (Å²) in [6, 6.07) is 0. The molecule has 17 nitrogen and oxygen atoms in total. The number of hydrogen-bond acceptors (Lipinski definition) is 15. The van der Waals surface area contributed by atoms with Crippen LogP contribution in [0.15, 0.2) is 0 Å². The van der Waals surface area contributed by atoms with Gasteiger partial charge in [0.2, 0.25) is 0 Å². The Labute approximate surface area is 632 Å². The van der Waals surface area contributed by atoms with Crippen LogP contribution in [0.3, 0.4) is 0 Å². The average Bonchev–Trinajstić information content (AvgIpc) is 0.934. The Morgan fingerprint density at radius 3 is 0.689 bits per heavy atom. The van der Waals surface area contributed by atoms with Crippen molar-refractivity contribution in [1.29, 1.82) is 0 Å². The molecule has 0 saturated carbocycles. The topological polar surface area (TPSA) is 237 Å². The third-order valence-electron chi connectivity index (χ3n) is 19.9. The molecule has 0 heterocycles. The van der Waals surface area contributed by atoms with E-state index in [1.54, 1.807) is 0 Å². The van der Waals surface area contributed by atoms with Crippen LogP contribution in [0.4, 0.5) is 0 Å². The molecule has 0 aliphatic heterocycles. The minimum atomic E-state index is -4.96. The van der Waals surface area contributed by atoms with E-state index in [0.29, 0.717) is 31.6 Å². The van der Waals surface area contributed by atoms with E-state index in [4.69, 9.17) is 37.0 Å². The van der Waals surface area contributed by atoms with E-state index >= 15 is 0 Å². The van der Waals surface area contributed by atoms with Crippen molar-refractivity contribution in [3.63, 3.8) is 0 Å². The highest BCUT2D eigenvalue weighted by molar-refractivity contribution is 7.47. The number of phosphoric acid groups is 2. The first-order valence-electron chi connectivity index (χ1n) is 43.2. The summed E-state index contributed by atoms with van der Waals surface area (Å²) in [6.45, 7) is 14.2. The van der Waals surface area contributed by atoms with E-state index in [9.17, 15) is 43.2 Å². The average molecular weight is 1510 g/mol. The number of aliphatic hydroxyl groups is 1. The van der Waals surface area contributed by atoms with Gasteiger partial charge in [-0.3, -0.25) is 37.3 Å². The maximum Gasteiger partial charge on any atom is 0.472 e. The van der Waals surface area contributed by atoms with Gasteiger partial charge >= 0.3 is 39.5 Å². The number of phosphoric ester groups is 2. The first-order chi connectivity index (χ1) is 49.6. The third-order valence-corrected chi connectivity index (χ3v) is 21.8. The summed E-state index contributed by atoms with van der Waals surface area (Å²) in [5.41, 5.74) is 0. The Hall–Kier alpha value is -1.94. The fourth-order valence-electron chi connectivity index (χ4n) is 12.9. The smallest absolute Gasteiger partial charge is 0.462 e. The highest BCUT2D eigenvalue weighted by atomic mass is 31.2. The molecule has 103 heavy (non-hydrogen) atoms. The van der Waals surface area contributed by atoms with Crippen molar-refractivity contribution in [2.24, 2.45) is 23.7 Å². The van der Waals surface area contributed by atoms with Gasteiger partial charge in [0.25, 0.3) is 0 Å². The zero-order valence-corrected chi connectivity index (χ0v) is 69.7. The molecule has 0 aromatic rings. The first-order valence-corrected chi connectivity index (χ1v) is 46.2. The van der Waals surface area contributed by atoms with Crippen LogP contribution < -0.4 is 0 Å². The molecule has 0 saturated heterocycles. The molecular formula is C84H164O17P2. The maximum atomic E-state index is 13.1. The molecule has 19 heteroatoms. The molecule has 0 aliphatic rings. The van der Waals surface area contributed by atoms with E-state index in [-0.39, 0.29) is 25.7 Å². The zero-order chi connectivity index (χ0) is 76.0. The lowest BCUT2D eigenvalue weighted by molar-refractivity contribution is -0.161. The van der Waals surface area contributed by atoms with Crippen molar-refractivity contribution in [1.82, 2.24) is 0 Å². The lowest BCUT2D eigenvalue weighted by Gasteiger charge is -2.21. The Balaban J connectivity index is 5.17. The second kappa shape index (κ2) is 72.9. The Kier molecular flexibility index (Phi) is 71.5. The number of unbranched alkanes of at least 4 members (excludes halogenated alkanes) is 46. The van der Waals surface area contributed by atoms with E-state index in [2.05, 4.69) is 55.4 Å². The minimum Gasteiger partial charge on any atom is -0.462 e. The fraction of sp³-hybridized carbons (Fsp3) is 0.952. The highest BCUT2D eigenvalue weighted by Gasteiger charge is 2.30. The fourth-order valence-corrected chi connectivity index (χ4v) is 14.5. The molecular weight excluding hydrogens is 1340 g/mol. The van der Waals surface area contributed by atoms with E-state index < -0.39 is 97.5 Å². The van der Waals surface area contributed by atoms with Gasteiger partial charge in [-0.05, 0) is 49.4 Å². The normalized spacial score (nSPS) is 14.2. The third kappa shape index (κ3) is 76.6. The SMILES string of the molecule is CCC(C)CCCCCCCCCCCCCCCCCCCCC(=O)OC[C@H](COP(=O)(O)OC[C@@H](O)COP(=O)(O)OC[C@@H](COC(=O)CCCCCCCCC(C)C)OC(=O)CCCCCCCCCCC(C)C)OC(=O)CCCCCCCCCCCCCCCCCCCCC(C)C. The molecule has 0 rings (SSSR count). The summed E-state index contributed by atoms with van der Waals surface area (Å²) in [6.07, 6.45) is 61.5. The Morgan fingerprint density at radius 2 is 0.466 bits per heavy atom. The number of hydrogen-bond donors (Lipinski definition) is 3. The zero-order valence-electron chi connectivity index (χ0n) is 68.0. The van der Waals surface area contributed by atoms with Gasteiger partial charge in [0.15, 0.2) is 12.2 Å². The predicted octanol–water partition coefficient (Wildman–Crippen LogP) is 25.2. The number of carbonyl (C=O) groups is 4. The maximum absolute atomic E-state index is 13.1. The summed E-state index contributed by atoms with van der Waals surface area (Å²) in [5, 5.41) is 10.6. The molecule has 0 spiro atoms. The van der Waals surface area contributed by atoms with Crippen molar-refractivity contribution < 1.29 is 80.2 Å². The van der Waals surface area contributed by atoms with Crippen LogP contribution in [0.25, 0.3) is 0 Å². The molecule has 6 atom stereocenters. The molecule has 0 amide bonds. The van der Waals surface area contributed by atoms with Gasteiger partial charge in [0.05, 0.1) is 26.4 Å². The molecule has 0 aromatic carbocycles. The van der Waals surface area contributed by atoms with Gasteiger partial charge < -0.3 is 33.8 Å². The van der Waals surface area contributed by atoms with Crippen LogP contribution in [-0.4, -0.2) is 96.7 Å². The monoisotopic (exact) mass is 1510 g/mol. The summed E-state index contributed by atoms with van der Waals surface area (Å²) in [4.78, 5) is 73.0. The van der Waals surface area contributed by atoms with Crippen LogP contribution in [0.1, 0.15) is 434 Å². The number of ether oxygens (including phenoxy) is 4. The Bertz CT molecular complexity index is 2010. The van der Waals surface area contributed by atoms with Crippen molar-refractivity contribution in [3.05, 3.63) is 0 Å². The number of rotatable bonds is 81. The van der Waals surface area contributed by atoms with Crippen molar-refractivity contribution in [3.8, 4) is 0 Å². The van der Waals surface area contributed by atoms with Gasteiger partial charge in [0.1, 0.15) is 19.3 Å². The van der Waals surface area contributed by atoms with E-state index in [1.165, 1.54) is 231 Å². The first kappa shape index (κ1) is 101. The van der Waals surface area contributed by atoms with Crippen molar-refractivity contribution >= 4 is 39.5 Å². The molecule has 612 valence electrons. The van der Waals surface area contributed by atoms with E-state index in [1.807, 2.05) is 0 Å². The van der Waals surface area contributed by atoms with Crippen LogP contribution >= 0.6 is 15.6 Å². The van der Waals surface area contributed by atoms with Crippen LogP contribution in [0.2, 0.25) is 0 Å². The lowest BCUT2D eigenvalue weighted by atomic mass is 9.99. The number of esters is 4. The van der Waals surface area contributed by atoms with Crippen molar-refractivity contribution in [2.75, 3.05) is 39.6 Å². The summed E-state index contributed by atoms with van der Waals surface area (Å²) >= 11 is 0. The summed E-state index contributed by atoms with van der Waals surface area (Å²) < 4.78 is 68.7. The van der Waals surface area contributed by atoms with Gasteiger partial charge in [-0.15, -0.1) is 0 Å². The highest BCUT2D eigenvalue weighted by Crippen LogP contribution is 2.45. The molecule has 3 unspecified atom stereocenters. The Morgan fingerprint density at radius 1 is 0.272 bits per heavy atom. The van der Waals surface area contributed by atoms with Crippen LogP contribution in [0.5, 0.6) is 0 Å². The van der Waals surface area contributed by atoms with E-state index in [0.717, 1.165) is 114 Å². The van der Waals surface area contributed by atoms with Gasteiger partial charge in [-0.1, -0.05) is 383 Å². The second-order valence-electron chi connectivity index (χ2n) is 31.9. The minimum absolute atomic E-state index is 0.103. The quantitative estimate of drug-likeness (QED) is 0.0222. The van der Waals surface area contributed by atoms with Crippen LogP contribution in [0, 0.1) is 23.7 Å². The summed E-state index contributed by atoms with van der Waals surface area (Å²) in [7, 11) is -9.92. The second-order valence-corrected chi connectivity index (χ2v) is 34.8. The predicted molar refractivity (Wildman–Crippen MR) is 423 cm³/mol. The summed E-state index contributed by atoms with van der Waals surface area (Å²) in [5.74, 6) is 0.976. The molecule has 0 aromatic heterocycles. The standard InChI is InChI=1S/C84H164O17P2/c1-9-77(8)63-55-47-38-31-27-23-19-15-11-13-16-20-24-28-32-39-48-56-64-81(86)94-70-79(100-83(88)66-58-50-40-33-29-25-21-17-12-10-14-18-22-26-30-36-44-52-60-74(2)3)72-98-102(90,91)96-68-78(85)69-97-103(92,93)99-73-80(71-95-82(87)65-57-49-43-42-46-54-62-76(6)7)101-84(89)67-59-51-41-35-34-37-45-53-61-75(4)5/h74-80,85H,9-73H2,1-8H3,(H,90,91)(H,92,93)/t77?,78-,79-,80-/m1/s1.